The maximum atomic E-state index is 11.5. The molecule has 1 aliphatic heterocycles. The number of fused-ring (bicyclic) bond motifs is 1. The van der Waals surface area contributed by atoms with Crippen molar-refractivity contribution in [2.75, 3.05) is 7.11 Å². The Hall–Kier alpha value is -1.77. The van der Waals surface area contributed by atoms with Gasteiger partial charge in [-0.2, -0.15) is 0 Å². The third kappa shape index (κ3) is 1.48. The van der Waals surface area contributed by atoms with Crippen LogP contribution in [0.25, 0.3) is 0 Å². The summed E-state index contributed by atoms with van der Waals surface area (Å²) < 4.78 is 5.10. The molecule has 0 aromatic heterocycles. The smallest absolute Gasteiger partial charge is 0.255 e. The molecule has 72 valence electrons. The van der Waals surface area contributed by atoms with Crippen molar-refractivity contribution in [1.29, 1.82) is 0 Å². The highest BCUT2D eigenvalue weighted by Gasteiger charge is 2.12. The summed E-state index contributed by atoms with van der Waals surface area (Å²) in [6.45, 7) is 0. The van der Waals surface area contributed by atoms with Gasteiger partial charge in [-0.15, -0.1) is 0 Å². The molecule has 0 unspecified atom stereocenters. The van der Waals surface area contributed by atoms with E-state index in [1.54, 1.807) is 25.4 Å². The Balaban J connectivity index is 2.48. The van der Waals surface area contributed by atoms with Crippen LogP contribution in [0.1, 0.15) is 15.9 Å². The standard InChI is InChI=1S/C11H11NO2/c1-14-9-4-5-10-8(7-9)3-2-6-12-11(10)13/h2,4-7H,3H2,1H3,(H,12,13). The molecule has 1 heterocycles. The van der Waals surface area contributed by atoms with E-state index in [2.05, 4.69) is 5.32 Å². The second-order valence-corrected chi connectivity index (χ2v) is 3.10. The number of hydrogen-bond acceptors (Lipinski definition) is 2. The highest BCUT2D eigenvalue weighted by Crippen LogP contribution is 2.19. The summed E-state index contributed by atoms with van der Waals surface area (Å²) in [5.41, 5.74) is 1.71. The largest absolute Gasteiger partial charge is 0.497 e. The molecule has 1 aromatic rings. The fraction of sp³-hybridized carbons (Fsp3) is 0.182. The van der Waals surface area contributed by atoms with Crippen LogP contribution in [0.15, 0.2) is 30.5 Å². The molecule has 3 heteroatoms. The van der Waals surface area contributed by atoms with Crippen LogP contribution < -0.4 is 10.1 Å². The zero-order chi connectivity index (χ0) is 9.97. The van der Waals surface area contributed by atoms with Crippen LogP contribution in [0.5, 0.6) is 5.75 Å². The van der Waals surface area contributed by atoms with E-state index in [1.165, 1.54) is 0 Å². The Kier molecular flexibility index (Phi) is 2.23. The second-order valence-electron chi connectivity index (χ2n) is 3.10. The lowest BCUT2D eigenvalue weighted by molar-refractivity contribution is 0.0970. The Morgan fingerprint density at radius 3 is 3.07 bits per heavy atom. The third-order valence-corrected chi connectivity index (χ3v) is 2.23. The average Bonchev–Trinajstić information content (AvgIpc) is 2.40. The lowest BCUT2D eigenvalue weighted by Gasteiger charge is -2.06. The van der Waals surface area contributed by atoms with Gasteiger partial charge in [-0.25, -0.2) is 0 Å². The second kappa shape index (κ2) is 3.54. The van der Waals surface area contributed by atoms with Crippen LogP contribution in [-0.4, -0.2) is 13.0 Å². The maximum Gasteiger partial charge on any atom is 0.255 e. The fourth-order valence-electron chi connectivity index (χ4n) is 1.49. The predicted octanol–water partition coefficient (Wildman–Crippen LogP) is 1.49. The molecule has 0 fully saturated rings. The van der Waals surface area contributed by atoms with Gasteiger partial charge < -0.3 is 10.1 Å². The number of ether oxygens (including phenoxy) is 1. The first-order valence-electron chi connectivity index (χ1n) is 4.44. The molecule has 0 aliphatic carbocycles. The van der Waals surface area contributed by atoms with Gasteiger partial charge >= 0.3 is 0 Å². The minimum absolute atomic E-state index is 0.0589. The molecule has 0 saturated heterocycles. The molecule has 14 heavy (non-hydrogen) atoms. The van der Waals surface area contributed by atoms with Crippen molar-refractivity contribution in [1.82, 2.24) is 5.32 Å². The van der Waals surface area contributed by atoms with Crippen molar-refractivity contribution in [3.8, 4) is 5.75 Å². The van der Waals surface area contributed by atoms with Crippen molar-refractivity contribution >= 4 is 5.91 Å². The van der Waals surface area contributed by atoms with Crippen LogP contribution >= 0.6 is 0 Å². The first-order chi connectivity index (χ1) is 6.81. The molecule has 0 saturated carbocycles. The third-order valence-electron chi connectivity index (χ3n) is 2.23. The normalized spacial score (nSPS) is 14.2. The van der Waals surface area contributed by atoms with Gasteiger partial charge in [0.15, 0.2) is 0 Å². The monoisotopic (exact) mass is 189 g/mol. The molecule has 0 spiro atoms. The zero-order valence-corrected chi connectivity index (χ0v) is 7.91. The molecule has 1 amide bonds. The average molecular weight is 189 g/mol. The van der Waals surface area contributed by atoms with Gasteiger partial charge in [0.2, 0.25) is 0 Å². The minimum Gasteiger partial charge on any atom is -0.497 e. The Morgan fingerprint density at radius 2 is 2.29 bits per heavy atom. The molecule has 0 atom stereocenters. The lowest BCUT2D eigenvalue weighted by Crippen LogP contribution is -2.16. The lowest BCUT2D eigenvalue weighted by atomic mass is 10.0. The molecule has 1 aliphatic rings. The number of hydrogen-bond donors (Lipinski definition) is 1. The summed E-state index contributed by atoms with van der Waals surface area (Å²) >= 11 is 0. The summed E-state index contributed by atoms with van der Waals surface area (Å²) in [5, 5.41) is 2.68. The fourth-order valence-corrected chi connectivity index (χ4v) is 1.49. The zero-order valence-electron chi connectivity index (χ0n) is 7.91. The van der Waals surface area contributed by atoms with Crippen LogP contribution in [0.3, 0.4) is 0 Å². The Morgan fingerprint density at radius 1 is 1.43 bits per heavy atom. The molecular formula is C11H11NO2. The van der Waals surface area contributed by atoms with Gasteiger partial charge in [-0.3, -0.25) is 4.79 Å². The van der Waals surface area contributed by atoms with Crippen molar-refractivity contribution in [3.63, 3.8) is 0 Å². The van der Waals surface area contributed by atoms with Crippen molar-refractivity contribution < 1.29 is 9.53 Å². The number of rotatable bonds is 1. The molecule has 1 aromatic carbocycles. The summed E-state index contributed by atoms with van der Waals surface area (Å²) in [6, 6.07) is 5.48. The number of benzene rings is 1. The van der Waals surface area contributed by atoms with Crippen molar-refractivity contribution in [3.05, 3.63) is 41.6 Å². The van der Waals surface area contributed by atoms with E-state index >= 15 is 0 Å². The summed E-state index contributed by atoms with van der Waals surface area (Å²) in [7, 11) is 1.62. The highest BCUT2D eigenvalue weighted by molar-refractivity contribution is 5.96. The highest BCUT2D eigenvalue weighted by atomic mass is 16.5. The van der Waals surface area contributed by atoms with Gasteiger partial charge in [0.1, 0.15) is 5.75 Å². The van der Waals surface area contributed by atoms with Gasteiger partial charge in [-0.05, 0) is 30.2 Å². The van der Waals surface area contributed by atoms with Crippen molar-refractivity contribution in [2.45, 2.75) is 6.42 Å². The molecule has 2 rings (SSSR count). The van der Waals surface area contributed by atoms with E-state index in [9.17, 15) is 4.79 Å². The quantitative estimate of drug-likeness (QED) is 0.727. The minimum atomic E-state index is -0.0589. The summed E-state index contributed by atoms with van der Waals surface area (Å²) in [5.74, 6) is 0.725. The molecule has 0 bridgehead atoms. The van der Waals surface area contributed by atoms with Crippen LogP contribution in [0.4, 0.5) is 0 Å². The van der Waals surface area contributed by atoms with Crippen LogP contribution in [0.2, 0.25) is 0 Å². The number of amides is 1. The predicted molar refractivity (Wildman–Crippen MR) is 53.3 cm³/mol. The van der Waals surface area contributed by atoms with Gasteiger partial charge in [0, 0.05) is 11.8 Å². The van der Waals surface area contributed by atoms with E-state index in [4.69, 9.17) is 4.74 Å². The number of allylic oxidation sites excluding steroid dienone is 1. The van der Waals surface area contributed by atoms with Gasteiger partial charge in [0.05, 0.1) is 7.11 Å². The Labute approximate surface area is 82.4 Å². The van der Waals surface area contributed by atoms with Crippen LogP contribution in [0, 0.1) is 0 Å². The first kappa shape index (κ1) is 8.81. The Bertz CT molecular complexity index is 396. The van der Waals surface area contributed by atoms with E-state index < -0.39 is 0 Å². The number of carbonyl (C=O) groups excluding carboxylic acids is 1. The maximum absolute atomic E-state index is 11.5. The molecule has 1 N–H and O–H groups in total. The van der Waals surface area contributed by atoms with E-state index in [0.29, 0.717) is 0 Å². The van der Waals surface area contributed by atoms with Crippen LogP contribution in [-0.2, 0) is 6.42 Å². The summed E-state index contributed by atoms with van der Waals surface area (Å²) in [6.07, 6.45) is 4.35. The number of nitrogens with one attached hydrogen (secondary N) is 1. The number of methoxy groups -OCH3 is 1. The van der Waals surface area contributed by atoms with E-state index in [0.717, 1.165) is 23.3 Å². The molecule has 0 radical (unpaired) electrons. The first-order valence-corrected chi connectivity index (χ1v) is 4.44. The SMILES string of the molecule is COc1ccc2c(c1)CC=CNC2=O. The number of carbonyl (C=O) groups is 1. The molecule has 3 nitrogen and oxygen atoms in total. The summed E-state index contributed by atoms with van der Waals surface area (Å²) in [4.78, 5) is 11.5. The van der Waals surface area contributed by atoms with Crippen molar-refractivity contribution in [2.24, 2.45) is 0 Å². The topological polar surface area (TPSA) is 38.3 Å². The van der Waals surface area contributed by atoms with E-state index in [-0.39, 0.29) is 5.91 Å². The molecular weight excluding hydrogens is 178 g/mol. The van der Waals surface area contributed by atoms with Gasteiger partial charge in [-0.1, -0.05) is 6.08 Å². The van der Waals surface area contributed by atoms with Gasteiger partial charge in [0.25, 0.3) is 5.91 Å². The van der Waals surface area contributed by atoms with E-state index in [1.807, 2.05) is 12.1 Å².